The molecule has 0 spiro atoms. The van der Waals surface area contributed by atoms with E-state index in [1.165, 1.54) is 4.90 Å². The van der Waals surface area contributed by atoms with Gasteiger partial charge < -0.3 is 64.8 Å². The highest BCUT2D eigenvalue weighted by atomic mass is 35.5. The van der Waals surface area contributed by atoms with Gasteiger partial charge >= 0.3 is 0 Å². The number of hydrogen-bond acceptors (Lipinski definition) is 19. The van der Waals surface area contributed by atoms with Gasteiger partial charge in [0.05, 0.1) is 126 Å². The number of rotatable bonds is 34. The maximum atomic E-state index is 14.4. The van der Waals surface area contributed by atoms with Gasteiger partial charge in [-0.05, 0) is 68.9 Å². The number of aliphatic hydroxyl groups is 1. The molecule has 1 fully saturated rings. The Morgan fingerprint density at radius 1 is 0.779 bits per heavy atom. The zero-order chi connectivity index (χ0) is 62.0. The van der Waals surface area contributed by atoms with Crippen LogP contribution in [0.5, 0.6) is 0 Å². The van der Waals surface area contributed by atoms with Crippen molar-refractivity contribution in [3.63, 3.8) is 0 Å². The second-order valence-corrected chi connectivity index (χ2v) is 25.5. The molecule has 22 nitrogen and oxygen atoms in total. The summed E-state index contributed by atoms with van der Waals surface area (Å²) in [5, 5.41) is 30.1. The van der Waals surface area contributed by atoms with E-state index in [-0.39, 0.29) is 84.1 Å². The van der Waals surface area contributed by atoms with Crippen molar-refractivity contribution in [3.8, 4) is 15.4 Å². The Kier molecular flexibility index (Phi) is 25.7. The van der Waals surface area contributed by atoms with Crippen LogP contribution in [0.25, 0.3) is 15.4 Å². The molecule has 0 saturated carbocycles. The average Bonchev–Trinajstić information content (AvgIpc) is 1.65. The Hall–Kier alpha value is -5.61. The van der Waals surface area contributed by atoms with Gasteiger partial charge in [-0.3, -0.25) is 28.7 Å². The molecule has 6 N–H and O–H groups in total. The number of halogens is 1. The monoisotopic (exact) mass is 1250 g/mol. The molecule has 3 aromatic heterocycles. The van der Waals surface area contributed by atoms with Gasteiger partial charge in [0, 0.05) is 52.5 Å². The van der Waals surface area contributed by atoms with Crippen LogP contribution < -0.4 is 21.7 Å². The van der Waals surface area contributed by atoms with Crippen molar-refractivity contribution >= 4 is 63.6 Å². The van der Waals surface area contributed by atoms with E-state index in [0.29, 0.717) is 69.5 Å². The zero-order valence-electron chi connectivity index (χ0n) is 50.9. The Labute approximate surface area is 517 Å². The number of nitrogens with two attached hydrogens (primary N) is 1. The van der Waals surface area contributed by atoms with E-state index in [1.54, 1.807) is 22.7 Å². The summed E-state index contributed by atoms with van der Waals surface area (Å²) >= 11 is 9.48. The van der Waals surface area contributed by atoms with E-state index >= 15 is 0 Å². The van der Waals surface area contributed by atoms with Crippen LogP contribution in [0.4, 0.5) is 0 Å². The number of β-amino-alcohol motifs (C(OH)–C–C–N with tert-alkyl or cyclic N) is 1. The third-order valence-corrected chi connectivity index (χ3v) is 17.1. The first-order valence-electron chi connectivity index (χ1n) is 29.1. The van der Waals surface area contributed by atoms with Crippen LogP contribution in [-0.4, -0.2) is 189 Å². The molecule has 0 bridgehead atoms. The lowest BCUT2D eigenvalue weighted by atomic mass is 9.85. The first-order valence-corrected chi connectivity index (χ1v) is 31.2. The summed E-state index contributed by atoms with van der Waals surface area (Å²) in [7, 11) is 0. The molecule has 2 aliphatic rings. The number of aromatic nitrogens is 4. The summed E-state index contributed by atoms with van der Waals surface area (Å²) in [6.45, 7) is 21.3. The minimum absolute atomic E-state index is 0.0564. The number of likely N-dealkylation sites (tertiary alicyclic amines) is 1. The average molecular weight is 1250 g/mol. The molecule has 0 radical (unpaired) electrons. The molecule has 2 aromatic carbocycles. The van der Waals surface area contributed by atoms with Crippen LogP contribution in [0, 0.1) is 38.5 Å². The Balaban J connectivity index is 0.838. The molecular formula is C61H85ClN10O12S2. The van der Waals surface area contributed by atoms with Crippen molar-refractivity contribution in [2.75, 3.05) is 112 Å². The van der Waals surface area contributed by atoms with Crippen molar-refractivity contribution in [2.45, 2.75) is 105 Å². The van der Waals surface area contributed by atoms with Gasteiger partial charge in [-0.25, -0.2) is 4.98 Å². The van der Waals surface area contributed by atoms with Gasteiger partial charge in [-0.15, -0.1) is 32.9 Å². The third kappa shape index (κ3) is 19.0. The fourth-order valence-corrected chi connectivity index (χ4v) is 12.1. The van der Waals surface area contributed by atoms with Crippen molar-refractivity contribution in [1.29, 1.82) is 0 Å². The number of aliphatic imine (C=N–C) groups is 1. The summed E-state index contributed by atoms with van der Waals surface area (Å²) in [4.78, 5) is 68.4. The number of benzene rings is 2. The van der Waals surface area contributed by atoms with Gasteiger partial charge in [-0.1, -0.05) is 75.7 Å². The highest BCUT2D eigenvalue weighted by Crippen LogP contribution is 2.40. The Morgan fingerprint density at radius 2 is 1.38 bits per heavy atom. The molecule has 6 atom stereocenters. The molecule has 2 aliphatic heterocycles. The van der Waals surface area contributed by atoms with Gasteiger partial charge in [0.15, 0.2) is 5.82 Å². The largest absolute Gasteiger partial charge is 0.391 e. The highest BCUT2D eigenvalue weighted by molar-refractivity contribution is 7.15. The van der Waals surface area contributed by atoms with Crippen LogP contribution in [-0.2, 0) is 52.3 Å². The van der Waals surface area contributed by atoms with E-state index in [4.69, 9.17) is 55.5 Å². The number of carbonyl (C=O) groups excluding carboxylic acids is 4. The fourth-order valence-electron chi connectivity index (χ4n) is 9.98. The molecule has 1 saturated heterocycles. The molecule has 1 unspecified atom stereocenters. The summed E-state index contributed by atoms with van der Waals surface area (Å²) in [5.74, 6) is -0.302. The van der Waals surface area contributed by atoms with E-state index in [9.17, 15) is 24.3 Å². The summed E-state index contributed by atoms with van der Waals surface area (Å²) in [6.07, 6.45) is -0.810. The predicted molar refractivity (Wildman–Crippen MR) is 330 cm³/mol. The molecule has 5 heterocycles. The molecule has 0 aliphatic carbocycles. The molecule has 4 amide bonds. The summed E-state index contributed by atoms with van der Waals surface area (Å²) < 4.78 is 42.7. The lowest BCUT2D eigenvalue weighted by Crippen LogP contribution is -2.58. The van der Waals surface area contributed by atoms with Crippen molar-refractivity contribution in [3.05, 3.63) is 104 Å². The second-order valence-electron chi connectivity index (χ2n) is 23.0. The van der Waals surface area contributed by atoms with E-state index in [1.807, 2.05) is 107 Å². The van der Waals surface area contributed by atoms with Crippen LogP contribution in [0.1, 0.15) is 104 Å². The van der Waals surface area contributed by atoms with Gasteiger partial charge in [-0.2, -0.15) is 0 Å². The highest BCUT2D eigenvalue weighted by Gasteiger charge is 2.45. The lowest BCUT2D eigenvalue weighted by molar-refractivity contribution is -0.145. The minimum Gasteiger partial charge on any atom is -0.391 e. The van der Waals surface area contributed by atoms with Crippen LogP contribution >= 0.6 is 34.3 Å². The number of thiazole rings is 1. The first-order chi connectivity index (χ1) is 41.2. The lowest BCUT2D eigenvalue weighted by Gasteiger charge is -2.35. The maximum absolute atomic E-state index is 14.4. The summed E-state index contributed by atoms with van der Waals surface area (Å²) in [6, 6.07) is 12.5. The number of nitrogens with zero attached hydrogens (tertiary/aromatic N) is 6. The summed E-state index contributed by atoms with van der Waals surface area (Å²) in [5.41, 5.74) is 12.4. The maximum Gasteiger partial charge on any atom is 0.246 e. The van der Waals surface area contributed by atoms with E-state index < -0.39 is 52.8 Å². The quantitative estimate of drug-likeness (QED) is 0.0287. The first kappa shape index (κ1) is 67.9. The van der Waals surface area contributed by atoms with Crippen LogP contribution in [0.15, 0.2) is 59.0 Å². The van der Waals surface area contributed by atoms with Crippen molar-refractivity contribution in [1.82, 2.24) is 40.6 Å². The van der Waals surface area contributed by atoms with Crippen molar-refractivity contribution < 1.29 is 57.4 Å². The van der Waals surface area contributed by atoms with Crippen molar-refractivity contribution in [2.24, 2.45) is 21.6 Å². The number of aryl methyl sites for hydroxylation is 3. The number of thiophene rings is 1. The normalized spacial score (nSPS) is 17.3. The molecular weight excluding hydrogens is 1160 g/mol. The topological polar surface area (TPSA) is 274 Å². The minimum atomic E-state index is -1.04. The molecule has 470 valence electrons. The number of nitrogens with one attached hydrogen (secondary N) is 3. The number of hydrogen-bond donors (Lipinski definition) is 5. The van der Waals surface area contributed by atoms with Gasteiger partial charge in [0.2, 0.25) is 23.6 Å². The fraction of sp³-hybridized carbons (Fsp3) is 0.574. The smallest absolute Gasteiger partial charge is 0.246 e. The molecule has 25 heteroatoms. The number of aliphatic hydroxyl groups excluding tert-OH is 1. The van der Waals surface area contributed by atoms with E-state index in [0.717, 1.165) is 54.0 Å². The number of amides is 4. The Morgan fingerprint density at radius 3 is 2.00 bits per heavy atom. The predicted octanol–water partition coefficient (Wildman–Crippen LogP) is 6.19. The zero-order valence-corrected chi connectivity index (χ0v) is 53.3. The standard InChI is InChI=1S/C61H85ClN10O12S2/c1-38-41(4)86-59-52(38)53(44-14-16-46(62)17-15-44)67-48(56-70-69-42(5)72(56)59)31-50(74)64-19-21-79-23-25-81-27-29-83-35-61(9,34-82-28-26-80-24-22-78-20-18-63)36-84-33-51(75)68-55(60(6,7)8)58(77)71-32-47(73)30-49(71)57(76)66-39(2)43-10-12-45(13-11-43)54-40(3)65-37-85-54/h10-17,37,39,47-49,55,73H,18-36,63H2,1-9H3,(H,64,74)(H,66,76)(H,68,75)/t39-,47+,48-,49-,55+,61?/m0/s1. The SMILES string of the molecule is Cc1ncsc1-c1ccc([C@H](C)NC(=O)[C@@H]2C[C@@H](O)CN2C(=O)[C@@H](NC(=O)COCC(C)(COCCOCCOCCN)COCCOCCOCCNC(=O)C[C@@H]2N=C(c3ccc(Cl)cc3)c3c(sc(C)c3C)-n3c(C)nnc32)C(C)(C)C)cc1. The van der Waals surface area contributed by atoms with Crippen LogP contribution in [0.3, 0.4) is 0 Å². The number of fused-ring (bicyclic) bond motifs is 3. The number of ether oxygens (including phenoxy) is 7. The molecule has 5 aromatic rings. The Bertz CT molecular complexity index is 3040. The van der Waals surface area contributed by atoms with E-state index in [2.05, 4.69) is 45.0 Å². The van der Waals surface area contributed by atoms with Gasteiger partial charge in [0.1, 0.15) is 35.6 Å². The molecule has 7 rings (SSSR count). The van der Waals surface area contributed by atoms with Crippen LogP contribution in [0.2, 0.25) is 5.02 Å². The molecule has 86 heavy (non-hydrogen) atoms. The third-order valence-electron chi connectivity index (χ3n) is 14.7. The second kappa shape index (κ2) is 32.6. The number of carbonyl (C=O) groups is 4. The van der Waals surface area contributed by atoms with Gasteiger partial charge in [0.25, 0.3) is 0 Å².